The van der Waals surface area contributed by atoms with Crippen molar-refractivity contribution in [2.75, 3.05) is 5.88 Å². The predicted octanol–water partition coefficient (Wildman–Crippen LogP) is 5.54. The molecule has 11 heteroatoms. The molecule has 1 heterocycles. The summed E-state index contributed by atoms with van der Waals surface area (Å²) in [7, 11) is 0. The highest BCUT2D eigenvalue weighted by Gasteiger charge is 2.36. The van der Waals surface area contributed by atoms with Crippen LogP contribution >= 0.6 is 11.6 Å². The van der Waals surface area contributed by atoms with Crippen molar-refractivity contribution in [1.82, 2.24) is 14.3 Å². The lowest BCUT2D eigenvalue weighted by atomic mass is 10.0. The van der Waals surface area contributed by atoms with Crippen molar-refractivity contribution in [3.63, 3.8) is 0 Å². The summed E-state index contributed by atoms with van der Waals surface area (Å²) >= 11 is 5.69. The molecule has 0 bridgehead atoms. The van der Waals surface area contributed by atoms with Gasteiger partial charge in [-0.25, -0.2) is 9.48 Å². The maximum atomic E-state index is 13.1. The molecule has 4 nitrogen and oxygen atoms in total. The number of alkyl halides is 7. The number of nitrogens with zero attached hydrogens (tertiary/aromatic N) is 3. The predicted molar refractivity (Wildman–Crippen MR) is 111 cm³/mol. The molecule has 33 heavy (non-hydrogen) atoms. The van der Waals surface area contributed by atoms with Crippen LogP contribution in [-0.2, 0) is 38.3 Å². The van der Waals surface area contributed by atoms with Crippen LogP contribution in [0.5, 0.6) is 0 Å². The smallest absolute Gasteiger partial charge is 0.274 e. The molecule has 0 atom stereocenters. The van der Waals surface area contributed by atoms with Gasteiger partial charge in [-0.15, -0.1) is 11.6 Å². The van der Waals surface area contributed by atoms with Crippen LogP contribution in [0.4, 0.5) is 26.3 Å². The third-order valence-corrected chi connectivity index (χ3v) is 5.24. The molecule has 0 amide bonds. The fourth-order valence-electron chi connectivity index (χ4n) is 3.37. The van der Waals surface area contributed by atoms with Gasteiger partial charge in [0.05, 0.1) is 17.7 Å². The molecular formula is C22H20ClF6N3O. The number of halogens is 7. The Morgan fingerprint density at radius 2 is 1.45 bits per heavy atom. The molecule has 178 valence electrons. The van der Waals surface area contributed by atoms with Gasteiger partial charge in [-0.1, -0.05) is 30.3 Å². The number of aromatic nitrogens is 3. The minimum absolute atomic E-state index is 0.0193. The molecule has 0 N–H and O–H groups in total. The third-order valence-electron chi connectivity index (χ3n) is 4.97. The maximum Gasteiger partial charge on any atom is 0.416 e. The summed E-state index contributed by atoms with van der Waals surface area (Å²) in [5.41, 5.74) is -2.51. The summed E-state index contributed by atoms with van der Waals surface area (Å²) in [4.78, 5) is 12.8. The maximum absolute atomic E-state index is 13.1. The second-order valence-corrected chi connectivity index (χ2v) is 7.83. The first-order chi connectivity index (χ1) is 15.5. The fourth-order valence-corrected chi connectivity index (χ4v) is 3.49. The Labute approximate surface area is 190 Å². The van der Waals surface area contributed by atoms with Gasteiger partial charge in [0.2, 0.25) is 0 Å². The first-order valence-electron chi connectivity index (χ1n) is 10.0. The van der Waals surface area contributed by atoms with Gasteiger partial charge in [0.1, 0.15) is 5.82 Å². The second-order valence-electron chi connectivity index (χ2n) is 7.45. The van der Waals surface area contributed by atoms with E-state index in [0.717, 1.165) is 5.56 Å². The highest BCUT2D eigenvalue weighted by atomic mass is 35.5. The quantitative estimate of drug-likeness (QED) is 0.306. The zero-order chi connectivity index (χ0) is 24.2. The molecule has 0 saturated heterocycles. The van der Waals surface area contributed by atoms with Crippen LogP contribution < -0.4 is 5.69 Å². The molecule has 0 saturated carbocycles. The molecular weight excluding hydrogens is 472 g/mol. The molecule has 0 aliphatic rings. The summed E-state index contributed by atoms with van der Waals surface area (Å²) < 4.78 is 81.4. The van der Waals surface area contributed by atoms with E-state index >= 15 is 0 Å². The minimum atomic E-state index is -4.92. The molecule has 3 aromatic rings. The van der Waals surface area contributed by atoms with Crippen LogP contribution in [0.25, 0.3) is 0 Å². The molecule has 0 spiro atoms. The lowest BCUT2D eigenvalue weighted by Crippen LogP contribution is -2.26. The normalized spacial score (nSPS) is 12.3. The number of hydrogen-bond acceptors (Lipinski definition) is 2. The van der Waals surface area contributed by atoms with E-state index < -0.39 is 29.2 Å². The molecule has 2 aromatic carbocycles. The SMILES string of the molecule is O=c1n(CCCCl)nc(CCc2cc(C(F)(F)F)cc(C(F)(F)F)c2)n1Cc1ccccc1. The summed E-state index contributed by atoms with van der Waals surface area (Å²) in [5, 5.41) is 4.26. The molecule has 3 rings (SSSR count). The number of hydrogen-bond donors (Lipinski definition) is 0. The number of benzene rings is 2. The van der Waals surface area contributed by atoms with Crippen LogP contribution in [0.3, 0.4) is 0 Å². The van der Waals surface area contributed by atoms with Gasteiger partial charge < -0.3 is 0 Å². The van der Waals surface area contributed by atoms with E-state index in [1.54, 1.807) is 24.3 Å². The Morgan fingerprint density at radius 3 is 2.00 bits per heavy atom. The van der Waals surface area contributed by atoms with E-state index in [2.05, 4.69) is 5.10 Å². The summed E-state index contributed by atoms with van der Waals surface area (Å²) in [6.07, 6.45) is -9.54. The van der Waals surface area contributed by atoms with E-state index in [0.29, 0.717) is 24.4 Å². The Hall–Kier alpha value is -2.75. The standard InChI is InChI=1S/C22H20ClF6N3O/c23-9-4-10-32-20(33)31(14-15-5-2-1-3-6-15)19(30-32)8-7-16-11-17(21(24,25)26)13-18(12-16)22(27,28)29/h1-3,5-6,11-13H,4,7-10,14H2. The third kappa shape index (κ3) is 6.40. The van der Waals surface area contributed by atoms with E-state index in [9.17, 15) is 31.1 Å². The molecule has 1 aromatic heterocycles. The fraction of sp³-hybridized carbons (Fsp3) is 0.364. The van der Waals surface area contributed by atoms with Gasteiger partial charge in [-0.3, -0.25) is 4.57 Å². The molecule has 0 unspecified atom stereocenters. The average Bonchev–Trinajstić information content (AvgIpc) is 3.04. The van der Waals surface area contributed by atoms with Gasteiger partial charge in [0, 0.05) is 18.8 Å². The molecule has 0 radical (unpaired) electrons. The van der Waals surface area contributed by atoms with Crippen molar-refractivity contribution < 1.29 is 26.3 Å². The lowest BCUT2D eigenvalue weighted by molar-refractivity contribution is -0.143. The van der Waals surface area contributed by atoms with Gasteiger partial charge in [-0.2, -0.15) is 31.4 Å². The van der Waals surface area contributed by atoms with E-state index in [1.165, 1.54) is 9.25 Å². The zero-order valence-electron chi connectivity index (χ0n) is 17.3. The summed E-state index contributed by atoms with van der Waals surface area (Å²) in [5.74, 6) is 0.571. The Kier molecular flexibility index (Phi) is 7.56. The van der Waals surface area contributed by atoms with Gasteiger partial charge in [0.15, 0.2) is 0 Å². The lowest BCUT2D eigenvalue weighted by Gasteiger charge is -2.14. The van der Waals surface area contributed by atoms with E-state index in [-0.39, 0.29) is 43.4 Å². The summed E-state index contributed by atoms with van der Waals surface area (Å²) in [6.45, 7) is 0.422. The topological polar surface area (TPSA) is 39.8 Å². The molecule has 0 aliphatic heterocycles. The monoisotopic (exact) mass is 491 g/mol. The molecule has 0 aliphatic carbocycles. The van der Waals surface area contributed by atoms with Gasteiger partial charge >= 0.3 is 18.0 Å². The number of rotatable bonds is 8. The number of aryl methyl sites for hydroxylation is 3. The van der Waals surface area contributed by atoms with Crippen molar-refractivity contribution in [3.05, 3.63) is 87.1 Å². The van der Waals surface area contributed by atoms with Crippen molar-refractivity contribution in [2.45, 2.75) is 44.7 Å². The Morgan fingerprint density at radius 1 is 0.848 bits per heavy atom. The zero-order valence-corrected chi connectivity index (χ0v) is 18.0. The first-order valence-corrected chi connectivity index (χ1v) is 10.6. The molecule has 0 fully saturated rings. The van der Waals surface area contributed by atoms with Gasteiger partial charge in [-0.05, 0) is 42.2 Å². The summed E-state index contributed by atoms with van der Waals surface area (Å²) in [6, 6.07) is 10.5. The largest absolute Gasteiger partial charge is 0.416 e. The first kappa shape index (κ1) is 24.9. The van der Waals surface area contributed by atoms with E-state index in [4.69, 9.17) is 11.6 Å². The Bertz CT molecular complexity index is 1100. The van der Waals surface area contributed by atoms with Gasteiger partial charge in [0.25, 0.3) is 0 Å². The van der Waals surface area contributed by atoms with Crippen molar-refractivity contribution >= 4 is 11.6 Å². The Balaban J connectivity index is 1.93. The van der Waals surface area contributed by atoms with Crippen molar-refractivity contribution in [1.29, 1.82) is 0 Å². The highest BCUT2D eigenvalue weighted by molar-refractivity contribution is 6.17. The average molecular weight is 492 g/mol. The van der Waals surface area contributed by atoms with Crippen LogP contribution in [0.1, 0.15) is 34.5 Å². The van der Waals surface area contributed by atoms with E-state index in [1.807, 2.05) is 6.07 Å². The second kappa shape index (κ2) is 10.0. The van der Waals surface area contributed by atoms with Crippen LogP contribution in [0, 0.1) is 0 Å². The van der Waals surface area contributed by atoms with Crippen LogP contribution in [0.2, 0.25) is 0 Å². The highest BCUT2D eigenvalue weighted by Crippen LogP contribution is 2.36. The van der Waals surface area contributed by atoms with Crippen LogP contribution in [0.15, 0.2) is 53.3 Å². The van der Waals surface area contributed by atoms with Crippen molar-refractivity contribution in [3.8, 4) is 0 Å². The minimum Gasteiger partial charge on any atom is -0.274 e. The van der Waals surface area contributed by atoms with Crippen molar-refractivity contribution in [2.24, 2.45) is 0 Å². The van der Waals surface area contributed by atoms with Crippen LogP contribution in [-0.4, -0.2) is 20.2 Å².